The average molecular weight is 681 g/mol. The molecular formula is C47H84O2. The second-order valence-electron chi connectivity index (χ2n) is 14.9. The van der Waals surface area contributed by atoms with Gasteiger partial charge in [0.1, 0.15) is 0 Å². The molecule has 3 unspecified atom stereocenters. The molecule has 0 aromatic rings. The zero-order chi connectivity index (χ0) is 35.9. The molecule has 0 radical (unpaired) electrons. The SMILES string of the molecule is C=CCCCC(CCCCC)CCOC(=O)CCC(C)CCCCCC(C/C=C/C/C=C/CCC/C=C\C/C=C\CCCCCC)CCC. The number of hydrogen-bond donors (Lipinski definition) is 0. The van der Waals surface area contributed by atoms with Crippen LogP contribution in [0.25, 0.3) is 0 Å². The highest BCUT2D eigenvalue weighted by molar-refractivity contribution is 5.69. The summed E-state index contributed by atoms with van der Waals surface area (Å²) in [4.78, 5) is 12.4. The van der Waals surface area contributed by atoms with Gasteiger partial charge in [-0.2, -0.15) is 0 Å². The molecule has 0 aliphatic carbocycles. The van der Waals surface area contributed by atoms with E-state index in [1.165, 1.54) is 141 Å². The second-order valence-corrected chi connectivity index (χ2v) is 14.9. The van der Waals surface area contributed by atoms with Gasteiger partial charge in [0.15, 0.2) is 0 Å². The molecule has 0 saturated heterocycles. The lowest BCUT2D eigenvalue weighted by Crippen LogP contribution is -2.11. The highest BCUT2D eigenvalue weighted by atomic mass is 16.5. The molecule has 0 aromatic carbocycles. The van der Waals surface area contributed by atoms with Gasteiger partial charge in [0, 0.05) is 6.42 Å². The Bertz CT molecular complexity index is 818. The quantitative estimate of drug-likeness (QED) is 0.0371. The first kappa shape index (κ1) is 47.2. The van der Waals surface area contributed by atoms with E-state index in [0.29, 0.717) is 24.9 Å². The zero-order valence-corrected chi connectivity index (χ0v) is 33.5. The number of unbranched alkanes of at least 4 members (excludes halogenated alkanes) is 11. The summed E-state index contributed by atoms with van der Waals surface area (Å²) in [6.07, 6.45) is 54.9. The zero-order valence-electron chi connectivity index (χ0n) is 33.5. The fourth-order valence-electron chi connectivity index (χ4n) is 6.70. The summed E-state index contributed by atoms with van der Waals surface area (Å²) in [5.74, 6) is 2.12. The maximum Gasteiger partial charge on any atom is 0.305 e. The summed E-state index contributed by atoms with van der Waals surface area (Å²) in [5.41, 5.74) is 0. The van der Waals surface area contributed by atoms with Gasteiger partial charge in [0.05, 0.1) is 6.61 Å². The van der Waals surface area contributed by atoms with Crippen LogP contribution in [0.3, 0.4) is 0 Å². The lowest BCUT2D eigenvalue weighted by Gasteiger charge is -2.17. The Balaban J connectivity index is 3.93. The number of hydrogen-bond acceptors (Lipinski definition) is 2. The highest BCUT2D eigenvalue weighted by Crippen LogP contribution is 2.23. The summed E-state index contributed by atoms with van der Waals surface area (Å²) >= 11 is 0. The molecule has 49 heavy (non-hydrogen) atoms. The minimum absolute atomic E-state index is 0.00579. The number of allylic oxidation sites excluding steroid dienone is 9. The Hall–Kier alpha value is -1.83. The average Bonchev–Trinajstić information content (AvgIpc) is 3.10. The van der Waals surface area contributed by atoms with E-state index >= 15 is 0 Å². The molecule has 2 nitrogen and oxygen atoms in total. The third-order valence-corrected chi connectivity index (χ3v) is 10.0. The molecule has 0 aliphatic heterocycles. The van der Waals surface area contributed by atoms with Gasteiger partial charge in [-0.1, -0.05) is 179 Å². The van der Waals surface area contributed by atoms with Crippen molar-refractivity contribution in [3.8, 4) is 0 Å². The molecular weight excluding hydrogens is 597 g/mol. The van der Waals surface area contributed by atoms with E-state index in [-0.39, 0.29) is 5.97 Å². The van der Waals surface area contributed by atoms with Crippen molar-refractivity contribution >= 4 is 5.97 Å². The van der Waals surface area contributed by atoms with Crippen LogP contribution in [0.5, 0.6) is 0 Å². The Morgan fingerprint density at radius 1 is 0.531 bits per heavy atom. The molecule has 284 valence electrons. The largest absolute Gasteiger partial charge is 0.466 e. The third kappa shape index (κ3) is 35.8. The lowest BCUT2D eigenvalue weighted by molar-refractivity contribution is -0.144. The van der Waals surface area contributed by atoms with Crippen molar-refractivity contribution in [1.29, 1.82) is 0 Å². The van der Waals surface area contributed by atoms with Crippen LogP contribution in [0.2, 0.25) is 0 Å². The van der Waals surface area contributed by atoms with E-state index in [2.05, 4.69) is 82.9 Å². The molecule has 0 N–H and O–H groups in total. The van der Waals surface area contributed by atoms with Crippen molar-refractivity contribution in [2.75, 3.05) is 6.61 Å². The number of ether oxygens (including phenoxy) is 1. The minimum atomic E-state index is 0.00579. The van der Waals surface area contributed by atoms with Crippen molar-refractivity contribution in [2.24, 2.45) is 17.8 Å². The molecule has 0 amide bonds. The van der Waals surface area contributed by atoms with E-state index in [1.807, 2.05) is 6.08 Å². The van der Waals surface area contributed by atoms with Crippen molar-refractivity contribution in [3.63, 3.8) is 0 Å². The van der Waals surface area contributed by atoms with Crippen LogP contribution in [-0.4, -0.2) is 12.6 Å². The summed E-state index contributed by atoms with van der Waals surface area (Å²) in [6.45, 7) is 13.6. The first-order valence-electron chi connectivity index (χ1n) is 21.4. The molecule has 0 bridgehead atoms. The molecule has 2 heteroatoms. The third-order valence-electron chi connectivity index (χ3n) is 10.0. The molecule has 0 aromatic heterocycles. The van der Waals surface area contributed by atoms with Gasteiger partial charge >= 0.3 is 5.97 Å². The Labute approximate surface area is 307 Å². The lowest BCUT2D eigenvalue weighted by atomic mass is 9.92. The number of carbonyl (C=O) groups is 1. The van der Waals surface area contributed by atoms with Crippen molar-refractivity contribution in [1.82, 2.24) is 0 Å². The summed E-state index contributed by atoms with van der Waals surface area (Å²) in [7, 11) is 0. The summed E-state index contributed by atoms with van der Waals surface area (Å²) in [6, 6.07) is 0. The number of esters is 1. The summed E-state index contributed by atoms with van der Waals surface area (Å²) < 4.78 is 5.66. The maximum absolute atomic E-state index is 12.4. The van der Waals surface area contributed by atoms with Crippen LogP contribution < -0.4 is 0 Å². The monoisotopic (exact) mass is 681 g/mol. The van der Waals surface area contributed by atoms with Crippen LogP contribution in [0, 0.1) is 17.8 Å². The first-order valence-corrected chi connectivity index (χ1v) is 21.4. The van der Waals surface area contributed by atoms with Gasteiger partial charge in [-0.25, -0.2) is 0 Å². The molecule has 0 aliphatic rings. The normalized spacial score (nSPS) is 14.0. The Kier molecular flexibility index (Phi) is 37.5. The topological polar surface area (TPSA) is 26.3 Å². The molecule has 0 fully saturated rings. The van der Waals surface area contributed by atoms with Crippen molar-refractivity contribution < 1.29 is 9.53 Å². The van der Waals surface area contributed by atoms with E-state index in [4.69, 9.17) is 4.74 Å². The molecule has 0 rings (SSSR count). The Morgan fingerprint density at radius 3 is 1.78 bits per heavy atom. The highest BCUT2D eigenvalue weighted by Gasteiger charge is 2.12. The van der Waals surface area contributed by atoms with E-state index in [9.17, 15) is 4.79 Å². The van der Waals surface area contributed by atoms with Gasteiger partial charge in [0.25, 0.3) is 0 Å². The predicted octanol–water partition coefficient (Wildman–Crippen LogP) is 15.8. The van der Waals surface area contributed by atoms with Crippen LogP contribution in [0.1, 0.15) is 207 Å². The van der Waals surface area contributed by atoms with Gasteiger partial charge < -0.3 is 4.74 Å². The van der Waals surface area contributed by atoms with Crippen LogP contribution in [-0.2, 0) is 9.53 Å². The standard InChI is InChI=1S/C47H84O2/c1-6-10-13-14-15-16-17-18-19-20-21-22-23-24-25-26-27-32-38-45(34-9-4)39-33-28-31-35-44(5)40-41-47(48)49-43-42-46(36-29-11-7-2)37-30-12-8-3/h7,16-17,19-20,24-25,27,32,44-46H,2,6,8-15,18,21-23,26,28-31,33-43H2,1,3-5H3/b17-16-,20-19-,25-24+,32-27+. The number of rotatable bonds is 37. The predicted molar refractivity (Wildman–Crippen MR) is 220 cm³/mol. The van der Waals surface area contributed by atoms with Crippen molar-refractivity contribution in [2.45, 2.75) is 207 Å². The molecule has 0 saturated carbocycles. The van der Waals surface area contributed by atoms with Gasteiger partial charge in [-0.3, -0.25) is 4.79 Å². The van der Waals surface area contributed by atoms with Crippen LogP contribution >= 0.6 is 0 Å². The van der Waals surface area contributed by atoms with E-state index in [1.54, 1.807) is 0 Å². The summed E-state index contributed by atoms with van der Waals surface area (Å²) in [5, 5.41) is 0. The smallest absolute Gasteiger partial charge is 0.305 e. The second kappa shape index (κ2) is 39.0. The minimum Gasteiger partial charge on any atom is -0.466 e. The van der Waals surface area contributed by atoms with E-state index < -0.39 is 0 Å². The first-order chi connectivity index (χ1) is 24.1. The molecule has 3 atom stereocenters. The molecule has 0 spiro atoms. The van der Waals surface area contributed by atoms with Gasteiger partial charge in [0.2, 0.25) is 0 Å². The van der Waals surface area contributed by atoms with Gasteiger partial charge in [-0.15, -0.1) is 6.58 Å². The van der Waals surface area contributed by atoms with Crippen LogP contribution in [0.15, 0.2) is 61.3 Å². The maximum atomic E-state index is 12.4. The van der Waals surface area contributed by atoms with E-state index in [0.717, 1.165) is 38.0 Å². The fraction of sp³-hybridized carbons (Fsp3) is 0.766. The number of carbonyl (C=O) groups excluding carboxylic acids is 1. The fourth-order valence-corrected chi connectivity index (χ4v) is 6.70. The van der Waals surface area contributed by atoms with Crippen molar-refractivity contribution in [3.05, 3.63) is 61.3 Å². The Morgan fingerprint density at radius 2 is 1.10 bits per heavy atom. The van der Waals surface area contributed by atoms with Crippen LogP contribution in [0.4, 0.5) is 0 Å². The molecule has 0 heterocycles. The van der Waals surface area contributed by atoms with Gasteiger partial charge in [-0.05, 0) is 94.8 Å².